The molecule has 1 amide bonds. The zero-order valence-corrected chi connectivity index (χ0v) is 11.0. The van der Waals surface area contributed by atoms with Crippen LogP contribution < -0.4 is 5.32 Å². The van der Waals surface area contributed by atoms with Crippen LogP contribution in [0.4, 0.5) is 0 Å². The van der Waals surface area contributed by atoms with Crippen molar-refractivity contribution >= 4 is 17.5 Å². The highest BCUT2D eigenvalue weighted by Gasteiger charge is 2.32. The average molecular weight is 259 g/mol. The van der Waals surface area contributed by atoms with E-state index in [2.05, 4.69) is 5.32 Å². The summed E-state index contributed by atoms with van der Waals surface area (Å²) in [6.45, 7) is 2.84. The van der Waals surface area contributed by atoms with E-state index in [0.717, 1.165) is 0 Å². The summed E-state index contributed by atoms with van der Waals surface area (Å²) >= 11 is 0. The minimum absolute atomic E-state index is 0.00727. The maximum atomic E-state index is 11.6. The second-order valence-corrected chi connectivity index (χ2v) is 4.87. The van der Waals surface area contributed by atoms with Crippen LogP contribution in [0.5, 0.6) is 0 Å². The molecule has 0 unspecified atom stereocenters. The number of carbonyl (C=O) groups is 3. The van der Waals surface area contributed by atoms with Gasteiger partial charge in [-0.1, -0.05) is 13.8 Å². The Kier molecular flexibility index (Phi) is 6.72. The average Bonchev–Trinajstić information content (AvgIpc) is 2.36. The van der Waals surface area contributed by atoms with Gasteiger partial charge in [0.15, 0.2) is 5.78 Å². The van der Waals surface area contributed by atoms with E-state index in [-0.39, 0.29) is 25.9 Å². The predicted octanol–water partition coefficient (Wildman–Crippen LogP) is -0.580. The fraction of sp³-hybridized carbons (Fsp3) is 0.750. The first kappa shape index (κ1) is 16.7. The van der Waals surface area contributed by atoms with Gasteiger partial charge in [-0.05, 0) is 6.42 Å². The summed E-state index contributed by atoms with van der Waals surface area (Å²) in [5.41, 5.74) is -0.901. The fourth-order valence-electron chi connectivity index (χ4n) is 1.34. The van der Waals surface area contributed by atoms with Gasteiger partial charge in [0.1, 0.15) is 6.10 Å². The lowest BCUT2D eigenvalue weighted by atomic mass is 9.84. The molecule has 0 saturated carbocycles. The highest BCUT2D eigenvalue weighted by molar-refractivity contribution is 6.36. The first-order valence-electron chi connectivity index (χ1n) is 5.82. The van der Waals surface area contributed by atoms with Gasteiger partial charge in [0, 0.05) is 25.3 Å². The number of likely N-dealkylation sites (N-methyl/N-ethyl adjacent to an activating group) is 1. The largest absolute Gasteiger partial charge is 0.396 e. The molecular weight excluding hydrogens is 238 g/mol. The van der Waals surface area contributed by atoms with Crippen molar-refractivity contribution in [3.05, 3.63) is 0 Å². The van der Waals surface area contributed by atoms with Crippen molar-refractivity contribution in [3.63, 3.8) is 0 Å². The lowest BCUT2D eigenvalue weighted by Gasteiger charge is -2.26. The Hall–Kier alpha value is -1.27. The van der Waals surface area contributed by atoms with Crippen molar-refractivity contribution in [2.45, 2.75) is 39.2 Å². The van der Waals surface area contributed by atoms with Crippen molar-refractivity contribution < 1.29 is 24.6 Å². The maximum Gasteiger partial charge on any atom is 0.287 e. The third-order valence-electron chi connectivity index (χ3n) is 2.76. The molecule has 6 heteroatoms. The van der Waals surface area contributed by atoms with Crippen LogP contribution in [-0.4, -0.2) is 47.4 Å². The number of rotatable bonds is 8. The van der Waals surface area contributed by atoms with E-state index in [0.29, 0.717) is 0 Å². The maximum absolute atomic E-state index is 11.6. The number of amides is 1. The molecule has 0 aliphatic carbocycles. The molecule has 0 heterocycles. The molecule has 1 atom stereocenters. The quantitative estimate of drug-likeness (QED) is 0.506. The van der Waals surface area contributed by atoms with Crippen LogP contribution >= 0.6 is 0 Å². The second-order valence-electron chi connectivity index (χ2n) is 4.87. The molecule has 0 aliphatic rings. The SMILES string of the molecule is CNC(=O)C(=O)CCCC(=O)[C@H](O)C(C)(C)CO. The van der Waals surface area contributed by atoms with E-state index in [1.54, 1.807) is 13.8 Å². The minimum atomic E-state index is -1.27. The highest BCUT2D eigenvalue weighted by Crippen LogP contribution is 2.21. The number of aliphatic hydroxyl groups is 2. The van der Waals surface area contributed by atoms with Crippen LogP contribution in [0, 0.1) is 5.41 Å². The minimum Gasteiger partial charge on any atom is -0.396 e. The molecule has 0 aromatic heterocycles. The van der Waals surface area contributed by atoms with Crippen molar-refractivity contribution in [2.75, 3.05) is 13.7 Å². The van der Waals surface area contributed by atoms with Gasteiger partial charge in [0.25, 0.3) is 5.91 Å². The molecule has 0 aromatic rings. The van der Waals surface area contributed by atoms with Gasteiger partial charge in [-0.15, -0.1) is 0 Å². The van der Waals surface area contributed by atoms with E-state index < -0.39 is 29.0 Å². The van der Waals surface area contributed by atoms with E-state index >= 15 is 0 Å². The molecule has 0 saturated heterocycles. The molecule has 18 heavy (non-hydrogen) atoms. The third-order valence-corrected chi connectivity index (χ3v) is 2.76. The summed E-state index contributed by atoms with van der Waals surface area (Å²) in [4.78, 5) is 33.6. The van der Waals surface area contributed by atoms with E-state index in [4.69, 9.17) is 5.11 Å². The van der Waals surface area contributed by atoms with Gasteiger partial charge < -0.3 is 15.5 Å². The number of Topliss-reactive ketones (excluding diaryl/α,β-unsaturated/α-hetero) is 2. The van der Waals surface area contributed by atoms with Gasteiger partial charge in [0.05, 0.1) is 6.61 Å². The number of carbonyl (C=O) groups excluding carboxylic acids is 3. The fourth-order valence-corrected chi connectivity index (χ4v) is 1.34. The Bertz CT molecular complexity index is 324. The zero-order chi connectivity index (χ0) is 14.3. The van der Waals surface area contributed by atoms with Gasteiger partial charge >= 0.3 is 0 Å². The molecule has 0 aromatic carbocycles. The third kappa shape index (κ3) is 4.93. The predicted molar refractivity (Wildman–Crippen MR) is 64.8 cm³/mol. The number of hydrogen-bond donors (Lipinski definition) is 3. The van der Waals surface area contributed by atoms with Crippen molar-refractivity contribution in [1.82, 2.24) is 5.32 Å². The van der Waals surface area contributed by atoms with Gasteiger partial charge in [0.2, 0.25) is 5.78 Å². The first-order valence-corrected chi connectivity index (χ1v) is 5.82. The molecule has 6 nitrogen and oxygen atoms in total. The Morgan fingerprint density at radius 1 is 1.22 bits per heavy atom. The lowest BCUT2D eigenvalue weighted by Crippen LogP contribution is -2.39. The van der Waals surface area contributed by atoms with Crippen molar-refractivity contribution in [2.24, 2.45) is 5.41 Å². The zero-order valence-electron chi connectivity index (χ0n) is 11.0. The standard InChI is InChI=1S/C12H21NO5/c1-12(2,7-14)10(17)8(15)5-4-6-9(16)11(18)13-3/h10,14,17H,4-7H2,1-3H3,(H,13,18)/t10-/m0/s1. The second kappa shape index (κ2) is 7.23. The molecule has 0 rings (SSSR count). The molecule has 104 valence electrons. The van der Waals surface area contributed by atoms with Crippen LogP contribution in [0.15, 0.2) is 0 Å². The molecule has 0 radical (unpaired) electrons. The van der Waals surface area contributed by atoms with Crippen LogP contribution in [0.1, 0.15) is 33.1 Å². The molecule has 0 bridgehead atoms. The number of nitrogens with one attached hydrogen (secondary N) is 1. The summed E-state index contributed by atoms with van der Waals surface area (Å²) in [6.07, 6.45) is -1.08. The molecular formula is C12H21NO5. The summed E-state index contributed by atoms with van der Waals surface area (Å²) < 4.78 is 0. The summed E-state index contributed by atoms with van der Waals surface area (Å²) in [5.74, 6) is -1.70. The van der Waals surface area contributed by atoms with Crippen LogP contribution in [-0.2, 0) is 14.4 Å². The van der Waals surface area contributed by atoms with Gasteiger partial charge in [-0.25, -0.2) is 0 Å². The van der Waals surface area contributed by atoms with Crippen LogP contribution in [0.2, 0.25) is 0 Å². The highest BCUT2D eigenvalue weighted by atomic mass is 16.3. The lowest BCUT2D eigenvalue weighted by molar-refractivity contribution is -0.138. The van der Waals surface area contributed by atoms with E-state index in [9.17, 15) is 19.5 Å². The van der Waals surface area contributed by atoms with Crippen LogP contribution in [0.3, 0.4) is 0 Å². The van der Waals surface area contributed by atoms with E-state index in [1.807, 2.05) is 0 Å². The molecule has 3 N–H and O–H groups in total. The smallest absolute Gasteiger partial charge is 0.287 e. The van der Waals surface area contributed by atoms with E-state index in [1.165, 1.54) is 7.05 Å². The Balaban J connectivity index is 4.13. The summed E-state index contributed by atoms with van der Waals surface area (Å²) in [6, 6.07) is 0. The van der Waals surface area contributed by atoms with Crippen LogP contribution in [0.25, 0.3) is 0 Å². The molecule has 0 spiro atoms. The summed E-state index contributed by atoms with van der Waals surface area (Å²) in [5, 5.41) is 20.9. The number of ketones is 2. The number of aliphatic hydroxyl groups excluding tert-OH is 2. The van der Waals surface area contributed by atoms with Gasteiger partial charge in [-0.3, -0.25) is 14.4 Å². The number of hydrogen-bond acceptors (Lipinski definition) is 5. The molecule has 0 fully saturated rings. The first-order chi connectivity index (χ1) is 8.26. The monoisotopic (exact) mass is 259 g/mol. The molecule has 0 aliphatic heterocycles. The summed E-state index contributed by atoms with van der Waals surface area (Å²) in [7, 11) is 1.36. The Labute approximate surface area is 106 Å². The topological polar surface area (TPSA) is 104 Å². The normalized spacial score (nSPS) is 12.9. The van der Waals surface area contributed by atoms with Crippen molar-refractivity contribution in [3.8, 4) is 0 Å². The van der Waals surface area contributed by atoms with Gasteiger partial charge in [-0.2, -0.15) is 0 Å². The Morgan fingerprint density at radius 3 is 2.22 bits per heavy atom. The Morgan fingerprint density at radius 2 is 1.78 bits per heavy atom. The van der Waals surface area contributed by atoms with Crippen molar-refractivity contribution in [1.29, 1.82) is 0 Å².